The number of halogens is 5. The molecule has 1 heterocycles. The predicted octanol–water partition coefficient (Wildman–Crippen LogP) is 3.47. The van der Waals surface area contributed by atoms with Crippen molar-refractivity contribution in [2.24, 2.45) is 0 Å². The summed E-state index contributed by atoms with van der Waals surface area (Å²) in [6, 6.07) is 0. The molecule has 1 aromatic carbocycles. The van der Waals surface area contributed by atoms with Gasteiger partial charge in [0.05, 0.1) is 4.47 Å². The summed E-state index contributed by atoms with van der Waals surface area (Å²) in [5, 5.41) is 3.02. The van der Waals surface area contributed by atoms with Gasteiger partial charge in [-0.2, -0.15) is 0 Å². The molecule has 1 aliphatic heterocycles. The van der Waals surface area contributed by atoms with Crippen LogP contribution in [0.25, 0.3) is 0 Å². The van der Waals surface area contributed by atoms with Crippen LogP contribution in [0.1, 0.15) is 24.3 Å². The first-order valence-corrected chi connectivity index (χ1v) is 6.05. The topological polar surface area (TPSA) is 12.0 Å². The SMILES string of the molecule is Fc1c(F)c(C2CCNCC2)c(F)c(F)c1Br. The molecular weight excluding hydrogens is 302 g/mol. The third-order valence-corrected chi connectivity index (χ3v) is 3.69. The zero-order chi connectivity index (χ0) is 12.6. The van der Waals surface area contributed by atoms with Crippen LogP contribution in [-0.4, -0.2) is 13.1 Å². The monoisotopic (exact) mass is 311 g/mol. The molecule has 0 spiro atoms. The summed E-state index contributed by atoms with van der Waals surface area (Å²) in [6.45, 7) is 1.17. The van der Waals surface area contributed by atoms with Gasteiger partial charge in [-0.15, -0.1) is 0 Å². The molecule has 1 saturated heterocycles. The molecule has 0 radical (unpaired) electrons. The third kappa shape index (κ3) is 2.20. The van der Waals surface area contributed by atoms with Crippen molar-refractivity contribution in [2.45, 2.75) is 18.8 Å². The summed E-state index contributed by atoms with van der Waals surface area (Å²) in [5.74, 6) is -5.78. The van der Waals surface area contributed by atoms with E-state index >= 15 is 0 Å². The lowest BCUT2D eigenvalue weighted by atomic mass is 9.89. The third-order valence-electron chi connectivity index (χ3n) is 2.99. The van der Waals surface area contributed by atoms with Crippen molar-refractivity contribution in [1.82, 2.24) is 5.32 Å². The Kier molecular flexibility index (Phi) is 3.73. The van der Waals surface area contributed by atoms with E-state index < -0.39 is 39.2 Å². The normalized spacial score (nSPS) is 17.5. The van der Waals surface area contributed by atoms with Crippen LogP contribution in [0.15, 0.2) is 4.47 Å². The second-order valence-electron chi connectivity index (χ2n) is 4.01. The number of benzene rings is 1. The minimum atomic E-state index is -1.36. The van der Waals surface area contributed by atoms with Crippen molar-refractivity contribution in [2.75, 3.05) is 13.1 Å². The van der Waals surface area contributed by atoms with E-state index in [4.69, 9.17) is 0 Å². The summed E-state index contributed by atoms with van der Waals surface area (Å²) in [4.78, 5) is 0. The van der Waals surface area contributed by atoms with Crippen LogP contribution in [0, 0.1) is 23.3 Å². The summed E-state index contributed by atoms with van der Waals surface area (Å²) in [6.07, 6.45) is 0.933. The highest BCUT2D eigenvalue weighted by Crippen LogP contribution is 2.35. The second kappa shape index (κ2) is 4.94. The first-order valence-electron chi connectivity index (χ1n) is 5.26. The highest BCUT2D eigenvalue weighted by atomic mass is 79.9. The van der Waals surface area contributed by atoms with Crippen molar-refractivity contribution < 1.29 is 17.6 Å². The maximum Gasteiger partial charge on any atom is 0.176 e. The summed E-state index contributed by atoms with van der Waals surface area (Å²) in [5.41, 5.74) is -0.468. The molecule has 0 unspecified atom stereocenters. The Hall–Kier alpha value is -0.620. The quantitative estimate of drug-likeness (QED) is 0.476. The van der Waals surface area contributed by atoms with Gasteiger partial charge in [0.1, 0.15) is 0 Å². The molecule has 17 heavy (non-hydrogen) atoms. The van der Waals surface area contributed by atoms with Crippen LogP contribution in [0.2, 0.25) is 0 Å². The summed E-state index contributed by atoms with van der Waals surface area (Å²) in [7, 11) is 0. The Morgan fingerprint density at radius 3 is 1.82 bits per heavy atom. The van der Waals surface area contributed by atoms with E-state index in [0.717, 1.165) is 0 Å². The minimum Gasteiger partial charge on any atom is -0.317 e. The van der Waals surface area contributed by atoms with Crippen molar-refractivity contribution in [3.8, 4) is 0 Å². The van der Waals surface area contributed by atoms with E-state index in [1.165, 1.54) is 0 Å². The van der Waals surface area contributed by atoms with Crippen LogP contribution in [0.5, 0.6) is 0 Å². The van der Waals surface area contributed by atoms with Crippen LogP contribution in [0.3, 0.4) is 0 Å². The van der Waals surface area contributed by atoms with E-state index in [-0.39, 0.29) is 0 Å². The van der Waals surface area contributed by atoms with Gasteiger partial charge in [-0.25, -0.2) is 17.6 Å². The molecule has 0 saturated carbocycles. The zero-order valence-corrected chi connectivity index (χ0v) is 10.4. The largest absolute Gasteiger partial charge is 0.317 e. The van der Waals surface area contributed by atoms with E-state index in [0.29, 0.717) is 25.9 Å². The van der Waals surface area contributed by atoms with E-state index in [1.54, 1.807) is 0 Å². The lowest BCUT2D eigenvalue weighted by Crippen LogP contribution is -2.28. The maximum absolute atomic E-state index is 13.7. The average molecular weight is 312 g/mol. The zero-order valence-electron chi connectivity index (χ0n) is 8.80. The first-order chi connectivity index (χ1) is 8.04. The molecule has 0 amide bonds. The standard InChI is InChI=1S/C11H10BrF4N/c12-7-10(15)8(13)6(9(14)11(7)16)5-1-3-17-4-2-5/h5,17H,1-4H2. The number of rotatable bonds is 1. The molecule has 1 nitrogen and oxygen atoms in total. The van der Waals surface area contributed by atoms with Crippen LogP contribution in [-0.2, 0) is 0 Å². The molecule has 1 fully saturated rings. The number of piperidine rings is 1. The number of hydrogen-bond donors (Lipinski definition) is 1. The van der Waals surface area contributed by atoms with Gasteiger partial charge in [0, 0.05) is 5.56 Å². The molecule has 0 bridgehead atoms. The molecule has 1 aliphatic rings. The van der Waals surface area contributed by atoms with Crippen LogP contribution in [0.4, 0.5) is 17.6 Å². The fourth-order valence-electron chi connectivity index (χ4n) is 2.09. The Morgan fingerprint density at radius 2 is 1.35 bits per heavy atom. The fraction of sp³-hybridized carbons (Fsp3) is 0.455. The lowest BCUT2D eigenvalue weighted by molar-refractivity contribution is 0.387. The van der Waals surface area contributed by atoms with Crippen molar-refractivity contribution in [3.05, 3.63) is 33.3 Å². The lowest BCUT2D eigenvalue weighted by Gasteiger charge is -2.24. The van der Waals surface area contributed by atoms with Crippen molar-refractivity contribution in [3.63, 3.8) is 0 Å². The fourth-order valence-corrected chi connectivity index (χ4v) is 2.44. The first kappa shape index (κ1) is 12.8. The molecule has 6 heteroatoms. The Balaban J connectivity index is 2.52. The molecule has 0 aromatic heterocycles. The van der Waals surface area contributed by atoms with Crippen molar-refractivity contribution in [1.29, 1.82) is 0 Å². The molecule has 0 atom stereocenters. The van der Waals surface area contributed by atoms with Gasteiger partial charge in [-0.05, 0) is 47.8 Å². The van der Waals surface area contributed by atoms with E-state index in [2.05, 4.69) is 21.2 Å². The minimum absolute atomic E-state index is 0.467. The molecule has 1 aromatic rings. The Bertz CT molecular complexity index is 415. The Labute approximate surface area is 104 Å². The maximum atomic E-state index is 13.7. The van der Waals surface area contributed by atoms with Gasteiger partial charge in [-0.1, -0.05) is 0 Å². The van der Waals surface area contributed by atoms with Gasteiger partial charge >= 0.3 is 0 Å². The Morgan fingerprint density at radius 1 is 0.882 bits per heavy atom. The summed E-state index contributed by atoms with van der Waals surface area (Å²) >= 11 is 2.50. The smallest absolute Gasteiger partial charge is 0.176 e. The second-order valence-corrected chi connectivity index (χ2v) is 4.80. The highest BCUT2D eigenvalue weighted by Gasteiger charge is 2.29. The molecule has 1 N–H and O–H groups in total. The van der Waals surface area contributed by atoms with Gasteiger partial charge in [0.25, 0.3) is 0 Å². The van der Waals surface area contributed by atoms with Gasteiger partial charge in [0.2, 0.25) is 0 Å². The number of nitrogens with one attached hydrogen (secondary N) is 1. The number of hydrogen-bond acceptors (Lipinski definition) is 1. The van der Waals surface area contributed by atoms with E-state index in [1.807, 2.05) is 0 Å². The average Bonchev–Trinajstić information content (AvgIpc) is 2.36. The molecule has 0 aliphatic carbocycles. The molecule has 2 rings (SSSR count). The highest BCUT2D eigenvalue weighted by molar-refractivity contribution is 9.10. The molecular formula is C11H10BrF4N. The predicted molar refractivity (Wildman–Crippen MR) is 58.8 cm³/mol. The van der Waals surface area contributed by atoms with Crippen LogP contribution < -0.4 is 5.32 Å². The van der Waals surface area contributed by atoms with Gasteiger partial charge < -0.3 is 5.32 Å². The van der Waals surface area contributed by atoms with Gasteiger partial charge in [0.15, 0.2) is 23.3 Å². The van der Waals surface area contributed by atoms with Crippen molar-refractivity contribution >= 4 is 15.9 Å². The molecule has 94 valence electrons. The van der Waals surface area contributed by atoms with Crippen LogP contribution >= 0.6 is 15.9 Å². The van der Waals surface area contributed by atoms with Gasteiger partial charge in [-0.3, -0.25) is 0 Å². The summed E-state index contributed by atoms with van der Waals surface area (Å²) < 4.78 is 53.2. The van der Waals surface area contributed by atoms with E-state index in [9.17, 15) is 17.6 Å².